The highest BCUT2D eigenvalue weighted by atomic mass is 19.1. The highest BCUT2D eigenvalue weighted by molar-refractivity contribution is 5.91. The molecule has 0 spiro atoms. The van der Waals surface area contributed by atoms with E-state index in [0.717, 1.165) is 6.07 Å². The number of hydrogen-bond donors (Lipinski definition) is 1. The Balaban J connectivity index is 3.07. The van der Waals surface area contributed by atoms with Crippen molar-refractivity contribution in [1.82, 2.24) is 0 Å². The molecule has 17 heavy (non-hydrogen) atoms. The average molecular weight is 240 g/mol. The number of carboxylic acids is 1. The fourth-order valence-electron chi connectivity index (χ4n) is 1.18. The number of aromatic carboxylic acids is 1. The van der Waals surface area contributed by atoms with Gasteiger partial charge in [0.25, 0.3) is 0 Å². The lowest BCUT2D eigenvalue weighted by Crippen LogP contribution is -2.29. The van der Waals surface area contributed by atoms with Crippen LogP contribution in [-0.2, 0) is 0 Å². The molecule has 94 valence electrons. The quantitative estimate of drug-likeness (QED) is 0.881. The van der Waals surface area contributed by atoms with Gasteiger partial charge in [0.1, 0.15) is 23.2 Å². The number of benzene rings is 1. The Hall–Kier alpha value is -1.58. The van der Waals surface area contributed by atoms with E-state index in [1.807, 2.05) is 27.7 Å². The lowest BCUT2D eigenvalue weighted by Gasteiger charge is -2.28. The first-order valence-electron chi connectivity index (χ1n) is 5.42. The molecule has 0 bridgehead atoms. The maximum Gasteiger partial charge on any atom is 0.342 e. The van der Waals surface area contributed by atoms with Crippen molar-refractivity contribution in [3.63, 3.8) is 0 Å². The maximum absolute atomic E-state index is 13.4. The molecule has 1 aromatic rings. The van der Waals surface area contributed by atoms with Crippen molar-refractivity contribution in [2.24, 2.45) is 5.41 Å². The Kier molecular flexibility index (Phi) is 3.76. The number of ether oxygens (including phenoxy) is 1. The fraction of sp³-hybridized carbons (Fsp3) is 0.462. The summed E-state index contributed by atoms with van der Waals surface area (Å²) in [5.74, 6) is -2.03. The van der Waals surface area contributed by atoms with Crippen molar-refractivity contribution >= 4 is 5.97 Å². The minimum atomic E-state index is -1.32. The van der Waals surface area contributed by atoms with Gasteiger partial charge in [0, 0.05) is 0 Å². The Labute approximate surface area is 100 Å². The summed E-state index contributed by atoms with van der Waals surface area (Å²) in [6, 6.07) is 4.01. The molecule has 0 aliphatic rings. The second-order valence-electron chi connectivity index (χ2n) is 5.04. The van der Waals surface area contributed by atoms with Crippen LogP contribution in [0.1, 0.15) is 38.1 Å². The van der Waals surface area contributed by atoms with Gasteiger partial charge in [0.2, 0.25) is 0 Å². The van der Waals surface area contributed by atoms with Crippen LogP contribution in [0, 0.1) is 11.2 Å². The van der Waals surface area contributed by atoms with Crippen LogP contribution in [0.2, 0.25) is 0 Å². The summed E-state index contributed by atoms with van der Waals surface area (Å²) < 4.78 is 18.9. The fourth-order valence-corrected chi connectivity index (χ4v) is 1.18. The molecule has 0 fully saturated rings. The molecule has 1 N–H and O–H groups in total. The van der Waals surface area contributed by atoms with Gasteiger partial charge in [-0.05, 0) is 24.5 Å². The molecule has 1 rings (SSSR count). The molecule has 1 aromatic carbocycles. The van der Waals surface area contributed by atoms with Gasteiger partial charge in [-0.15, -0.1) is 0 Å². The van der Waals surface area contributed by atoms with Crippen LogP contribution in [0.3, 0.4) is 0 Å². The second kappa shape index (κ2) is 4.73. The number of carbonyl (C=O) groups is 1. The first-order valence-corrected chi connectivity index (χ1v) is 5.42. The molecule has 0 aliphatic carbocycles. The van der Waals surface area contributed by atoms with Crippen LogP contribution in [0.4, 0.5) is 4.39 Å². The van der Waals surface area contributed by atoms with Crippen LogP contribution in [-0.4, -0.2) is 17.2 Å². The maximum atomic E-state index is 13.4. The zero-order valence-corrected chi connectivity index (χ0v) is 10.5. The van der Waals surface area contributed by atoms with E-state index in [-0.39, 0.29) is 17.3 Å². The van der Waals surface area contributed by atoms with Crippen molar-refractivity contribution in [2.45, 2.75) is 33.8 Å². The van der Waals surface area contributed by atoms with Gasteiger partial charge >= 0.3 is 5.97 Å². The molecule has 0 heterocycles. The number of carboxylic acid groups (broad SMARTS) is 1. The smallest absolute Gasteiger partial charge is 0.342 e. The van der Waals surface area contributed by atoms with Crippen molar-refractivity contribution in [3.05, 3.63) is 29.6 Å². The van der Waals surface area contributed by atoms with Crippen LogP contribution >= 0.6 is 0 Å². The third-order valence-corrected chi connectivity index (χ3v) is 2.71. The summed E-state index contributed by atoms with van der Waals surface area (Å²) in [4.78, 5) is 11.0. The van der Waals surface area contributed by atoms with E-state index in [9.17, 15) is 9.18 Å². The molecule has 0 saturated heterocycles. The van der Waals surface area contributed by atoms with Crippen LogP contribution in [0.25, 0.3) is 0 Å². The number of hydrogen-bond acceptors (Lipinski definition) is 2. The standard InChI is InChI=1S/C13H17FO3/c1-8(13(2,3)4)17-10-7-5-6-9(14)11(10)12(15)16/h5-8H,1-4H3,(H,15,16). The molecule has 0 aromatic heterocycles. The zero-order valence-electron chi connectivity index (χ0n) is 10.5. The summed E-state index contributed by atoms with van der Waals surface area (Å²) in [7, 11) is 0. The second-order valence-corrected chi connectivity index (χ2v) is 5.04. The van der Waals surface area contributed by atoms with Crippen molar-refractivity contribution in [3.8, 4) is 5.75 Å². The van der Waals surface area contributed by atoms with Crippen LogP contribution in [0.5, 0.6) is 5.75 Å². The van der Waals surface area contributed by atoms with E-state index in [4.69, 9.17) is 9.84 Å². The highest BCUT2D eigenvalue weighted by Gasteiger charge is 2.25. The molecule has 0 saturated carbocycles. The van der Waals surface area contributed by atoms with Crippen LogP contribution < -0.4 is 4.74 Å². The molecule has 3 nitrogen and oxygen atoms in total. The monoisotopic (exact) mass is 240 g/mol. The zero-order chi connectivity index (χ0) is 13.2. The first kappa shape index (κ1) is 13.5. The third kappa shape index (κ3) is 3.19. The van der Waals surface area contributed by atoms with Gasteiger partial charge in [-0.25, -0.2) is 9.18 Å². The summed E-state index contributed by atoms with van der Waals surface area (Å²) >= 11 is 0. The lowest BCUT2D eigenvalue weighted by atomic mass is 9.90. The SMILES string of the molecule is CC(Oc1cccc(F)c1C(=O)O)C(C)(C)C. The van der Waals surface area contributed by atoms with Crippen LogP contribution in [0.15, 0.2) is 18.2 Å². The molecule has 4 heteroatoms. The van der Waals surface area contributed by atoms with E-state index in [1.54, 1.807) is 0 Å². The minimum Gasteiger partial charge on any atom is -0.489 e. The van der Waals surface area contributed by atoms with Gasteiger partial charge in [0.05, 0.1) is 0 Å². The molecular weight excluding hydrogens is 223 g/mol. The largest absolute Gasteiger partial charge is 0.489 e. The normalized spacial score (nSPS) is 13.2. The van der Waals surface area contributed by atoms with Gasteiger partial charge in [0.15, 0.2) is 0 Å². The third-order valence-electron chi connectivity index (χ3n) is 2.71. The topological polar surface area (TPSA) is 46.5 Å². The minimum absolute atomic E-state index is 0.0694. The van der Waals surface area contributed by atoms with E-state index >= 15 is 0 Å². The van der Waals surface area contributed by atoms with E-state index < -0.39 is 17.3 Å². The van der Waals surface area contributed by atoms with Crippen molar-refractivity contribution in [2.75, 3.05) is 0 Å². The predicted octanol–water partition coefficient (Wildman–Crippen LogP) is 3.34. The van der Waals surface area contributed by atoms with E-state index in [1.165, 1.54) is 12.1 Å². The summed E-state index contributed by atoms with van der Waals surface area (Å²) in [5.41, 5.74) is -0.564. The summed E-state index contributed by atoms with van der Waals surface area (Å²) in [5, 5.41) is 8.94. The Bertz CT molecular complexity index is 421. The molecule has 0 amide bonds. The van der Waals surface area contributed by atoms with Crippen molar-refractivity contribution < 1.29 is 19.0 Å². The first-order chi connectivity index (χ1) is 7.73. The summed E-state index contributed by atoms with van der Waals surface area (Å²) in [6.45, 7) is 7.74. The predicted molar refractivity (Wildman–Crippen MR) is 62.9 cm³/mol. The number of halogens is 1. The van der Waals surface area contributed by atoms with Gasteiger partial charge in [-0.2, -0.15) is 0 Å². The van der Waals surface area contributed by atoms with Crippen molar-refractivity contribution in [1.29, 1.82) is 0 Å². The van der Waals surface area contributed by atoms with E-state index in [0.29, 0.717) is 0 Å². The number of rotatable bonds is 3. The Morgan fingerprint density at radius 1 is 1.41 bits per heavy atom. The van der Waals surface area contributed by atoms with Gasteiger partial charge < -0.3 is 9.84 Å². The van der Waals surface area contributed by atoms with E-state index in [2.05, 4.69) is 0 Å². The summed E-state index contributed by atoms with van der Waals surface area (Å²) in [6.07, 6.45) is -0.220. The molecule has 1 atom stereocenters. The molecule has 0 radical (unpaired) electrons. The lowest BCUT2D eigenvalue weighted by molar-refractivity contribution is 0.0666. The molecule has 1 unspecified atom stereocenters. The molecule has 0 aliphatic heterocycles. The molecular formula is C13H17FO3. The van der Waals surface area contributed by atoms with Gasteiger partial charge in [-0.1, -0.05) is 26.8 Å². The Morgan fingerprint density at radius 3 is 2.47 bits per heavy atom. The average Bonchev–Trinajstić information content (AvgIpc) is 2.15. The van der Waals surface area contributed by atoms with Gasteiger partial charge in [-0.3, -0.25) is 0 Å². The highest BCUT2D eigenvalue weighted by Crippen LogP contribution is 2.28. The Morgan fingerprint density at radius 2 is 2.00 bits per heavy atom.